The molecular formula is C21H25NO4. The van der Waals surface area contributed by atoms with Gasteiger partial charge in [-0.3, -0.25) is 14.5 Å². The van der Waals surface area contributed by atoms with Gasteiger partial charge in [0.25, 0.3) is 0 Å². The fraction of sp³-hybridized carbons (Fsp3) is 0.524. The number of hydrogen-bond acceptors (Lipinski definition) is 4. The van der Waals surface area contributed by atoms with Crippen LogP contribution < -0.4 is 9.47 Å². The maximum atomic E-state index is 12.7. The molecule has 1 saturated carbocycles. The van der Waals surface area contributed by atoms with Crippen LogP contribution in [0.15, 0.2) is 30.4 Å². The maximum Gasteiger partial charge on any atom is 0.233 e. The highest BCUT2D eigenvalue weighted by Crippen LogP contribution is 2.52. The standard InChI is InChI=1S/C21H25NO4/c1-3-25-16-8-5-13(11-17(16)26-4-2)9-10-22-20(23)18-14-6-7-15(12-14)19(18)21(22)24/h5-8,11,14-15,18-19H,3-4,9-10,12H2,1-2H3/t14-,15-,18-,19+/m0/s1. The minimum atomic E-state index is -0.114. The highest BCUT2D eigenvalue weighted by atomic mass is 16.5. The normalized spacial score (nSPS) is 28.8. The number of imide groups is 1. The average molecular weight is 355 g/mol. The molecule has 1 saturated heterocycles. The number of fused-ring (bicyclic) bond motifs is 5. The number of hydrogen-bond donors (Lipinski definition) is 0. The number of amides is 2. The van der Waals surface area contributed by atoms with E-state index in [1.165, 1.54) is 4.90 Å². The molecule has 1 heterocycles. The van der Waals surface area contributed by atoms with Crippen LogP contribution in [0.5, 0.6) is 11.5 Å². The molecular weight excluding hydrogens is 330 g/mol. The molecule has 2 aliphatic carbocycles. The summed E-state index contributed by atoms with van der Waals surface area (Å²) in [6.45, 7) is 5.45. The predicted molar refractivity (Wildman–Crippen MR) is 96.9 cm³/mol. The average Bonchev–Trinajstić information content (AvgIpc) is 3.30. The Morgan fingerprint density at radius 3 is 2.19 bits per heavy atom. The van der Waals surface area contributed by atoms with Gasteiger partial charge in [-0.15, -0.1) is 0 Å². The van der Waals surface area contributed by atoms with Gasteiger partial charge in [0.15, 0.2) is 11.5 Å². The van der Waals surface area contributed by atoms with Crippen LogP contribution in [-0.2, 0) is 16.0 Å². The Bertz CT molecular complexity index is 726. The molecule has 1 aromatic carbocycles. The third-order valence-electron chi connectivity index (χ3n) is 5.79. The van der Waals surface area contributed by atoms with Gasteiger partial charge in [0.2, 0.25) is 11.8 Å². The Kier molecular flexibility index (Phi) is 4.47. The van der Waals surface area contributed by atoms with Crippen LogP contribution >= 0.6 is 0 Å². The zero-order valence-corrected chi connectivity index (χ0v) is 15.3. The molecule has 0 aromatic heterocycles. The largest absolute Gasteiger partial charge is 0.490 e. The highest BCUT2D eigenvalue weighted by Gasteiger charge is 2.58. The second-order valence-corrected chi connectivity index (χ2v) is 7.23. The van der Waals surface area contributed by atoms with Crippen LogP contribution in [0.3, 0.4) is 0 Å². The van der Waals surface area contributed by atoms with E-state index in [4.69, 9.17) is 9.47 Å². The van der Waals surface area contributed by atoms with E-state index < -0.39 is 0 Å². The van der Waals surface area contributed by atoms with Gasteiger partial charge in [0.1, 0.15) is 0 Å². The first-order valence-electron chi connectivity index (χ1n) is 9.56. The van der Waals surface area contributed by atoms with E-state index in [1.807, 2.05) is 32.0 Å². The molecule has 26 heavy (non-hydrogen) atoms. The highest BCUT2D eigenvalue weighted by molar-refractivity contribution is 6.06. The molecule has 0 unspecified atom stereocenters. The van der Waals surface area contributed by atoms with Crippen LogP contribution in [0, 0.1) is 23.7 Å². The summed E-state index contributed by atoms with van der Waals surface area (Å²) in [5.74, 6) is 1.78. The zero-order valence-electron chi connectivity index (χ0n) is 15.3. The monoisotopic (exact) mass is 355 g/mol. The first kappa shape index (κ1) is 17.1. The Morgan fingerprint density at radius 1 is 0.962 bits per heavy atom. The molecule has 2 bridgehead atoms. The number of likely N-dealkylation sites (tertiary alicyclic amines) is 1. The van der Waals surface area contributed by atoms with E-state index in [0.29, 0.717) is 31.9 Å². The summed E-state index contributed by atoms with van der Waals surface area (Å²) in [5, 5.41) is 0. The molecule has 3 aliphatic rings. The van der Waals surface area contributed by atoms with Gasteiger partial charge in [-0.05, 0) is 56.2 Å². The molecule has 138 valence electrons. The van der Waals surface area contributed by atoms with E-state index >= 15 is 0 Å². The summed E-state index contributed by atoms with van der Waals surface area (Å²) in [5.41, 5.74) is 1.04. The summed E-state index contributed by atoms with van der Waals surface area (Å²) in [6.07, 6.45) is 5.85. The first-order valence-corrected chi connectivity index (χ1v) is 9.56. The van der Waals surface area contributed by atoms with E-state index in [-0.39, 0.29) is 35.5 Å². The summed E-state index contributed by atoms with van der Waals surface area (Å²) >= 11 is 0. The number of rotatable bonds is 7. The van der Waals surface area contributed by atoms with Gasteiger partial charge in [0, 0.05) is 6.54 Å². The van der Waals surface area contributed by atoms with Crippen molar-refractivity contribution in [2.45, 2.75) is 26.7 Å². The Balaban J connectivity index is 1.45. The van der Waals surface area contributed by atoms with Crippen molar-refractivity contribution >= 4 is 11.8 Å². The van der Waals surface area contributed by atoms with Gasteiger partial charge >= 0.3 is 0 Å². The maximum absolute atomic E-state index is 12.7. The second-order valence-electron chi connectivity index (χ2n) is 7.23. The molecule has 1 aromatic rings. The Morgan fingerprint density at radius 2 is 1.58 bits per heavy atom. The lowest BCUT2D eigenvalue weighted by Crippen LogP contribution is -2.34. The minimum Gasteiger partial charge on any atom is -0.490 e. The van der Waals surface area contributed by atoms with E-state index in [9.17, 15) is 9.59 Å². The van der Waals surface area contributed by atoms with Crippen molar-refractivity contribution < 1.29 is 19.1 Å². The SMILES string of the molecule is CCOc1ccc(CCN2C(=O)[C@@H]3[C@H](C2=O)[C@H]2C=C[C@H]3C2)cc1OCC. The lowest BCUT2D eigenvalue weighted by Gasteiger charge is -2.18. The van der Waals surface area contributed by atoms with E-state index in [2.05, 4.69) is 12.2 Å². The van der Waals surface area contributed by atoms with Crippen molar-refractivity contribution in [3.05, 3.63) is 35.9 Å². The number of benzene rings is 1. The van der Waals surface area contributed by atoms with Crippen LogP contribution in [0.2, 0.25) is 0 Å². The van der Waals surface area contributed by atoms with Crippen molar-refractivity contribution in [1.82, 2.24) is 4.90 Å². The number of nitrogens with zero attached hydrogens (tertiary/aromatic N) is 1. The van der Waals surface area contributed by atoms with Crippen molar-refractivity contribution in [3.8, 4) is 11.5 Å². The number of carbonyl (C=O) groups excluding carboxylic acids is 2. The molecule has 5 nitrogen and oxygen atoms in total. The van der Waals surface area contributed by atoms with Gasteiger partial charge < -0.3 is 9.47 Å². The molecule has 5 heteroatoms. The van der Waals surface area contributed by atoms with Crippen molar-refractivity contribution in [2.24, 2.45) is 23.7 Å². The Labute approximate surface area is 154 Å². The summed E-state index contributed by atoms with van der Waals surface area (Å²) in [6, 6.07) is 5.83. The fourth-order valence-electron chi connectivity index (χ4n) is 4.68. The fourth-order valence-corrected chi connectivity index (χ4v) is 4.68. The molecule has 1 aliphatic heterocycles. The zero-order chi connectivity index (χ0) is 18.3. The molecule has 2 fully saturated rings. The van der Waals surface area contributed by atoms with Crippen molar-refractivity contribution in [3.63, 3.8) is 0 Å². The lowest BCUT2D eigenvalue weighted by atomic mass is 9.85. The van der Waals surface area contributed by atoms with Crippen molar-refractivity contribution in [1.29, 1.82) is 0 Å². The van der Waals surface area contributed by atoms with Crippen LogP contribution in [0.4, 0.5) is 0 Å². The summed E-state index contributed by atoms with van der Waals surface area (Å²) in [4.78, 5) is 27.0. The third kappa shape index (κ3) is 2.70. The van der Waals surface area contributed by atoms with E-state index in [0.717, 1.165) is 17.7 Å². The second kappa shape index (κ2) is 6.78. The predicted octanol–water partition coefficient (Wildman–Crippen LogP) is 2.83. The molecule has 2 amide bonds. The van der Waals surface area contributed by atoms with E-state index in [1.54, 1.807) is 0 Å². The molecule has 0 radical (unpaired) electrons. The van der Waals surface area contributed by atoms with Crippen LogP contribution in [0.25, 0.3) is 0 Å². The quantitative estimate of drug-likeness (QED) is 0.557. The molecule has 0 N–H and O–H groups in total. The van der Waals surface area contributed by atoms with Crippen LogP contribution in [0.1, 0.15) is 25.8 Å². The Hall–Kier alpha value is -2.30. The number of carbonyl (C=O) groups is 2. The van der Waals surface area contributed by atoms with Crippen LogP contribution in [-0.4, -0.2) is 36.5 Å². The minimum absolute atomic E-state index is 0.0211. The lowest BCUT2D eigenvalue weighted by molar-refractivity contribution is -0.140. The van der Waals surface area contributed by atoms with Crippen molar-refractivity contribution in [2.75, 3.05) is 19.8 Å². The van der Waals surface area contributed by atoms with Gasteiger partial charge in [-0.1, -0.05) is 18.2 Å². The summed E-state index contributed by atoms with van der Waals surface area (Å²) in [7, 11) is 0. The van der Waals surface area contributed by atoms with Gasteiger partial charge in [0.05, 0.1) is 25.0 Å². The summed E-state index contributed by atoms with van der Waals surface area (Å²) < 4.78 is 11.2. The smallest absolute Gasteiger partial charge is 0.233 e. The molecule has 4 rings (SSSR count). The first-order chi connectivity index (χ1) is 12.6. The third-order valence-corrected chi connectivity index (χ3v) is 5.79. The number of allylic oxidation sites excluding steroid dienone is 2. The molecule has 4 atom stereocenters. The van der Waals surface area contributed by atoms with Gasteiger partial charge in [-0.2, -0.15) is 0 Å². The topological polar surface area (TPSA) is 55.8 Å². The van der Waals surface area contributed by atoms with Gasteiger partial charge in [-0.25, -0.2) is 0 Å². The molecule has 0 spiro atoms. The number of ether oxygens (including phenoxy) is 2.